The number of thioether (sulfide) groups is 1. The van der Waals surface area contributed by atoms with Crippen molar-refractivity contribution in [1.82, 2.24) is 15.1 Å². The summed E-state index contributed by atoms with van der Waals surface area (Å²) in [6.07, 6.45) is 0. The molecular formula is C22H22ClF2N5O3S. The Labute approximate surface area is 204 Å². The third-order valence-corrected chi connectivity index (χ3v) is 6.68. The molecule has 2 N–H and O–H groups in total. The molecule has 0 aliphatic carbocycles. The molecule has 0 saturated carbocycles. The number of aromatic nitrogens is 2. The minimum absolute atomic E-state index is 0.0278. The summed E-state index contributed by atoms with van der Waals surface area (Å²) in [5.41, 5.74) is 7.47. The van der Waals surface area contributed by atoms with Crippen molar-refractivity contribution in [2.75, 3.05) is 42.7 Å². The Hall–Kier alpha value is -2.89. The molecule has 12 heteroatoms. The molecule has 4 rings (SSSR count). The zero-order valence-electron chi connectivity index (χ0n) is 18.0. The number of nitrogens with zero attached hydrogens (tertiary/aromatic N) is 4. The lowest BCUT2D eigenvalue weighted by molar-refractivity contribution is -0.129. The molecule has 0 spiro atoms. The van der Waals surface area contributed by atoms with Crippen molar-refractivity contribution >= 4 is 41.0 Å². The average molecular weight is 510 g/mol. The number of rotatable bonds is 8. The zero-order chi connectivity index (χ0) is 24.1. The topological polar surface area (TPSA) is 97.7 Å². The number of nitrogens with two attached hydrogens (primary N) is 1. The number of hydrogen-bond acceptors (Lipinski definition) is 8. The Morgan fingerprint density at radius 2 is 1.88 bits per heavy atom. The Balaban J connectivity index is 1.46. The number of anilines is 2. The van der Waals surface area contributed by atoms with Gasteiger partial charge in [-0.2, -0.15) is 0 Å². The van der Waals surface area contributed by atoms with Gasteiger partial charge >= 0.3 is 6.01 Å². The first kappa shape index (κ1) is 24.2. The number of nitrogen functional groups attached to an aromatic ring is 1. The summed E-state index contributed by atoms with van der Waals surface area (Å²) >= 11 is 6.87. The van der Waals surface area contributed by atoms with Crippen LogP contribution in [-0.4, -0.2) is 53.1 Å². The summed E-state index contributed by atoms with van der Waals surface area (Å²) in [4.78, 5) is 16.9. The SMILES string of the molecule is Nc1nnc(CN(Cc2ccc(N3CCOCC3)cc2)C(=O)CSc2cc(F)cc(F)c2Cl)o1. The summed E-state index contributed by atoms with van der Waals surface area (Å²) in [7, 11) is 0. The van der Waals surface area contributed by atoms with Gasteiger partial charge in [-0.25, -0.2) is 8.78 Å². The lowest BCUT2D eigenvalue weighted by atomic mass is 10.1. The van der Waals surface area contributed by atoms with Gasteiger partial charge in [0.15, 0.2) is 0 Å². The summed E-state index contributed by atoms with van der Waals surface area (Å²) in [6, 6.07) is 9.57. The van der Waals surface area contributed by atoms with Crippen molar-refractivity contribution in [3.63, 3.8) is 0 Å². The third-order valence-electron chi connectivity index (χ3n) is 5.16. The maximum Gasteiger partial charge on any atom is 0.312 e. The normalized spacial score (nSPS) is 13.8. The van der Waals surface area contributed by atoms with Crippen molar-refractivity contribution in [3.8, 4) is 0 Å². The number of amides is 1. The van der Waals surface area contributed by atoms with Crippen LogP contribution in [0.15, 0.2) is 45.7 Å². The highest BCUT2D eigenvalue weighted by atomic mass is 35.5. The van der Waals surface area contributed by atoms with Gasteiger partial charge in [0, 0.05) is 36.3 Å². The molecule has 2 heterocycles. The molecule has 180 valence electrons. The molecule has 34 heavy (non-hydrogen) atoms. The predicted molar refractivity (Wildman–Crippen MR) is 125 cm³/mol. The highest BCUT2D eigenvalue weighted by Crippen LogP contribution is 2.31. The Morgan fingerprint density at radius 3 is 2.56 bits per heavy atom. The number of carbonyl (C=O) groups is 1. The largest absolute Gasteiger partial charge is 0.406 e. The van der Waals surface area contributed by atoms with Gasteiger partial charge < -0.3 is 24.7 Å². The van der Waals surface area contributed by atoms with Gasteiger partial charge in [-0.3, -0.25) is 4.79 Å². The second-order valence-electron chi connectivity index (χ2n) is 7.54. The highest BCUT2D eigenvalue weighted by molar-refractivity contribution is 8.00. The van der Waals surface area contributed by atoms with Crippen LogP contribution in [0.2, 0.25) is 5.02 Å². The van der Waals surface area contributed by atoms with E-state index in [1.54, 1.807) is 0 Å². The fraction of sp³-hybridized carbons (Fsp3) is 0.318. The van der Waals surface area contributed by atoms with E-state index in [-0.39, 0.29) is 46.6 Å². The predicted octanol–water partition coefficient (Wildman–Crippen LogP) is 3.74. The fourth-order valence-electron chi connectivity index (χ4n) is 3.45. The van der Waals surface area contributed by atoms with E-state index in [9.17, 15) is 13.6 Å². The first-order valence-electron chi connectivity index (χ1n) is 10.4. The van der Waals surface area contributed by atoms with Crippen LogP contribution in [0.5, 0.6) is 0 Å². The first-order chi connectivity index (χ1) is 16.4. The number of hydrogen-bond donors (Lipinski definition) is 1. The van der Waals surface area contributed by atoms with E-state index in [0.717, 1.165) is 42.2 Å². The fourth-order valence-corrected chi connectivity index (χ4v) is 4.60. The second-order valence-corrected chi connectivity index (χ2v) is 8.93. The number of halogens is 3. The Kier molecular flexibility index (Phi) is 7.86. The van der Waals surface area contributed by atoms with E-state index in [1.807, 2.05) is 24.3 Å². The van der Waals surface area contributed by atoms with Crippen LogP contribution >= 0.6 is 23.4 Å². The third kappa shape index (κ3) is 6.16. The van der Waals surface area contributed by atoms with Crippen molar-refractivity contribution in [2.24, 2.45) is 0 Å². The van der Waals surface area contributed by atoms with E-state index in [1.165, 1.54) is 4.90 Å². The molecule has 1 amide bonds. The molecule has 0 atom stereocenters. The molecule has 1 saturated heterocycles. The quantitative estimate of drug-likeness (QED) is 0.362. The van der Waals surface area contributed by atoms with Crippen LogP contribution in [0.25, 0.3) is 0 Å². The van der Waals surface area contributed by atoms with Gasteiger partial charge in [0.25, 0.3) is 0 Å². The van der Waals surface area contributed by atoms with E-state index < -0.39 is 11.6 Å². The lowest BCUT2D eigenvalue weighted by Crippen LogP contribution is -2.36. The molecule has 1 aliphatic heterocycles. The lowest BCUT2D eigenvalue weighted by Gasteiger charge is -2.29. The van der Waals surface area contributed by atoms with Crippen LogP contribution in [0.1, 0.15) is 11.5 Å². The summed E-state index contributed by atoms with van der Waals surface area (Å²) in [5.74, 6) is -1.88. The smallest absolute Gasteiger partial charge is 0.312 e. The second kappa shape index (κ2) is 11.0. The average Bonchev–Trinajstić information content (AvgIpc) is 3.25. The molecule has 1 aromatic heterocycles. The van der Waals surface area contributed by atoms with Crippen molar-refractivity contribution in [2.45, 2.75) is 18.0 Å². The highest BCUT2D eigenvalue weighted by Gasteiger charge is 2.20. The number of benzene rings is 2. The monoisotopic (exact) mass is 509 g/mol. The van der Waals surface area contributed by atoms with Crippen LogP contribution in [0.3, 0.4) is 0 Å². The molecule has 0 radical (unpaired) electrons. The molecule has 0 bridgehead atoms. The van der Waals surface area contributed by atoms with Crippen molar-refractivity contribution < 1.29 is 22.7 Å². The van der Waals surface area contributed by atoms with Gasteiger partial charge in [0.05, 0.1) is 30.5 Å². The molecule has 1 aliphatic rings. The van der Waals surface area contributed by atoms with E-state index >= 15 is 0 Å². The molecule has 2 aromatic carbocycles. The molecule has 1 fully saturated rings. The maximum atomic E-state index is 13.7. The van der Waals surface area contributed by atoms with Crippen molar-refractivity contribution in [3.05, 3.63) is 64.5 Å². The first-order valence-corrected chi connectivity index (χ1v) is 11.8. The van der Waals surface area contributed by atoms with E-state index in [2.05, 4.69) is 15.1 Å². The summed E-state index contributed by atoms with van der Waals surface area (Å²) in [5, 5.41) is 7.23. The van der Waals surface area contributed by atoms with Crippen LogP contribution < -0.4 is 10.6 Å². The molecule has 3 aromatic rings. The van der Waals surface area contributed by atoms with Gasteiger partial charge in [0.2, 0.25) is 11.8 Å². The summed E-state index contributed by atoms with van der Waals surface area (Å²) < 4.78 is 37.9. The van der Waals surface area contributed by atoms with Crippen LogP contribution in [0.4, 0.5) is 20.5 Å². The van der Waals surface area contributed by atoms with Gasteiger partial charge in [-0.15, -0.1) is 16.9 Å². The van der Waals surface area contributed by atoms with Crippen LogP contribution in [0, 0.1) is 11.6 Å². The van der Waals surface area contributed by atoms with Gasteiger partial charge in [-0.1, -0.05) is 28.8 Å². The minimum Gasteiger partial charge on any atom is -0.406 e. The molecule has 8 nitrogen and oxygen atoms in total. The van der Waals surface area contributed by atoms with Gasteiger partial charge in [-0.05, 0) is 23.8 Å². The Morgan fingerprint density at radius 1 is 1.15 bits per heavy atom. The van der Waals surface area contributed by atoms with E-state index in [4.69, 9.17) is 26.5 Å². The Bertz CT molecular complexity index is 1140. The number of ether oxygens (including phenoxy) is 1. The minimum atomic E-state index is -0.879. The number of carbonyl (C=O) groups excluding carboxylic acids is 1. The van der Waals surface area contributed by atoms with Gasteiger partial charge in [0.1, 0.15) is 11.6 Å². The molecular weight excluding hydrogens is 488 g/mol. The summed E-state index contributed by atoms with van der Waals surface area (Å²) in [6.45, 7) is 3.31. The van der Waals surface area contributed by atoms with E-state index in [0.29, 0.717) is 19.3 Å². The standard InChI is InChI=1S/C22H22ClF2N5O3S/c23-21-17(25)9-15(24)10-18(21)34-13-20(31)30(12-19-27-28-22(26)33-19)11-14-1-3-16(4-2-14)29-5-7-32-8-6-29/h1-4,9-10H,5-8,11-13H2,(H2,26,28). The maximum absolute atomic E-state index is 13.7. The number of morpholine rings is 1. The molecule has 0 unspecified atom stereocenters. The zero-order valence-corrected chi connectivity index (χ0v) is 19.6. The van der Waals surface area contributed by atoms with Crippen LogP contribution in [-0.2, 0) is 22.6 Å². The van der Waals surface area contributed by atoms with Crippen molar-refractivity contribution in [1.29, 1.82) is 0 Å².